The lowest BCUT2D eigenvalue weighted by Gasteiger charge is -2.04. The monoisotopic (exact) mass is 350 g/mol. The summed E-state index contributed by atoms with van der Waals surface area (Å²) in [5, 5.41) is 0. The van der Waals surface area contributed by atoms with Crippen LogP contribution in [0, 0.1) is 0 Å². The van der Waals surface area contributed by atoms with Crippen molar-refractivity contribution in [2.24, 2.45) is 0 Å². The molecule has 0 N–H and O–H groups in total. The van der Waals surface area contributed by atoms with Gasteiger partial charge in [0.2, 0.25) is 0 Å². The normalized spacial score (nSPS) is 11.9. The second-order valence-corrected chi connectivity index (χ2v) is 7.26. The second-order valence-electron chi connectivity index (χ2n) is 7.26. The van der Waals surface area contributed by atoms with Gasteiger partial charge in [-0.3, -0.25) is 0 Å². The Bertz CT molecular complexity index is 280. The average molecular weight is 351 g/mol. The van der Waals surface area contributed by atoms with Crippen molar-refractivity contribution >= 4 is 0 Å². The van der Waals surface area contributed by atoms with Crippen molar-refractivity contribution in [1.29, 1.82) is 0 Å². The Kier molecular flexibility index (Phi) is 22.9. The van der Waals surface area contributed by atoms with Crippen LogP contribution in [-0.2, 0) is 4.74 Å². The van der Waals surface area contributed by atoms with Gasteiger partial charge in [0, 0.05) is 6.61 Å². The average Bonchev–Trinajstić information content (AvgIpc) is 2.63. The summed E-state index contributed by atoms with van der Waals surface area (Å²) in [7, 11) is 0. The van der Waals surface area contributed by atoms with Gasteiger partial charge in [0.1, 0.15) is 0 Å². The predicted octanol–water partition coefficient (Wildman–Crippen LogP) is 8.40. The van der Waals surface area contributed by atoms with Crippen LogP contribution in [-0.4, -0.2) is 13.2 Å². The van der Waals surface area contributed by atoms with Gasteiger partial charge in [-0.05, 0) is 19.3 Å². The molecular formula is C24H46O. The Morgan fingerprint density at radius 3 is 1.52 bits per heavy atom. The molecule has 0 spiro atoms. The molecule has 0 amide bonds. The molecule has 0 unspecified atom stereocenters. The summed E-state index contributed by atoms with van der Waals surface area (Å²) in [4.78, 5) is 0. The van der Waals surface area contributed by atoms with Crippen molar-refractivity contribution in [3.8, 4) is 0 Å². The first-order valence-electron chi connectivity index (χ1n) is 11.3. The Hall–Kier alpha value is -0.560. The summed E-state index contributed by atoms with van der Waals surface area (Å²) in [6, 6.07) is 0. The van der Waals surface area contributed by atoms with Gasteiger partial charge >= 0.3 is 0 Å². The quantitative estimate of drug-likeness (QED) is 0.158. The van der Waals surface area contributed by atoms with E-state index in [2.05, 4.69) is 38.2 Å². The molecule has 148 valence electrons. The SMILES string of the molecule is CCC=CC=CCCOCCCCCCCCCCCCCCCC. The molecule has 0 aliphatic heterocycles. The fourth-order valence-electron chi connectivity index (χ4n) is 3.04. The van der Waals surface area contributed by atoms with Gasteiger partial charge in [0.05, 0.1) is 6.61 Å². The summed E-state index contributed by atoms with van der Waals surface area (Å²) < 4.78 is 5.67. The molecule has 0 radical (unpaired) electrons. The van der Waals surface area contributed by atoms with Crippen molar-refractivity contribution in [3.05, 3.63) is 24.3 Å². The number of rotatable bonds is 20. The fourth-order valence-corrected chi connectivity index (χ4v) is 3.04. The Morgan fingerprint density at radius 1 is 0.520 bits per heavy atom. The lowest BCUT2D eigenvalue weighted by atomic mass is 10.0. The molecule has 0 aliphatic rings. The van der Waals surface area contributed by atoms with Gasteiger partial charge in [0.15, 0.2) is 0 Å². The lowest BCUT2D eigenvalue weighted by Crippen LogP contribution is -1.95. The fraction of sp³-hybridized carbons (Fsp3) is 0.833. The molecule has 0 saturated heterocycles. The Morgan fingerprint density at radius 2 is 1.00 bits per heavy atom. The minimum Gasteiger partial charge on any atom is -0.381 e. The third-order valence-electron chi connectivity index (χ3n) is 4.69. The maximum absolute atomic E-state index is 5.67. The summed E-state index contributed by atoms with van der Waals surface area (Å²) in [5.41, 5.74) is 0. The molecular weight excluding hydrogens is 304 g/mol. The van der Waals surface area contributed by atoms with E-state index in [1.807, 2.05) is 0 Å². The number of hydrogen-bond donors (Lipinski definition) is 0. The molecule has 0 bridgehead atoms. The highest BCUT2D eigenvalue weighted by Crippen LogP contribution is 2.12. The number of ether oxygens (including phenoxy) is 1. The number of allylic oxidation sites excluding steroid dienone is 3. The minimum atomic E-state index is 0.870. The van der Waals surface area contributed by atoms with E-state index in [0.29, 0.717) is 0 Å². The van der Waals surface area contributed by atoms with Gasteiger partial charge < -0.3 is 4.74 Å². The van der Waals surface area contributed by atoms with E-state index in [4.69, 9.17) is 4.74 Å². The third-order valence-corrected chi connectivity index (χ3v) is 4.69. The zero-order valence-corrected chi connectivity index (χ0v) is 17.4. The number of unbranched alkanes of at least 4 members (excludes halogenated alkanes) is 13. The van der Waals surface area contributed by atoms with Crippen LogP contribution in [0.25, 0.3) is 0 Å². The van der Waals surface area contributed by atoms with E-state index in [1.54, 1.807) is 0 Å². The molecule has 0 heterocycles. The van der Waals surface area contributed by atoms with Crippen LogP contribution in [0.15, 0.2) is 24.3 Å². The van der Waals surface area contributed by atoms with E-state index in [1.165, 1.54) is 89.9 Å². The van der Waals surface area contributed by atoms with Crippen molar-refractivity contribution in [2.75, 3.05) is 13.2 Å². The largest absolute Gasteiger partial charge is 0.381 e. The van der Waals surface area contributed by atoms with Crippen LogP contribution < -0.4 is 0 Å². The van der Waals surface area contributed by atoms with E-state index in [9.17, 15) is 0 Å². The van der Waals surface area contributed by atoms with Gasteiger partial charge in [-0.15, -0.1) is 0 Å². The zero-order valence-electron chi connectivity index (χ0n) is 17.4. The summed E-state index contributed by atoms with van der Waals surface area (Å²) in [6.45, 7) is 6.26. The van der Waals surface area contributed by atoms with Crippen molar-refractivity contribution < 1.29 is 4.74 Å². The van der Waals surface area contributed by atoms with Crippen LogP contribution in [0.2, 0.25) is 0 Å². The number of hydrogen-bond acceptors (Lipinski definition) is 1. The van der Waals surface area contributed by atoms with Crippen LogP contribution in [0.5, 0.6) is 0 Å². The third kappa shape index (κ3) is 23.4. The standard InChI is InChI=1S/C24H46O/c1-3-5-7-9-11-12-13-14-15-16-17-18-20-22-24-25-23-21-19-10-8-6-4-2/h6,8,10,19H,3-5,7,9,11-18,20-24H2,1-2H3. The maximum Gasteiger partial charge on any atom is 0.0500 e. The summed E-state index contributed by atoms with van der Waals surface area (Å²) in [6.07, 6.45) is 30.6. The Balaban J connectivity index is 3.03. The minimum absolute atomic E-state index is 0.870. The predicted molar refractivity (Wildman–Crippen MR) is 114 cm³/mol. The molecule has 0 saturated carbocycles. The van der Waals surface area contributed by atoms with E-state index in [0.717, 1.165) is 26.1 Å². The first-order chi connectivity index (χ1) is 12.4. The van der Waals surface area contributed by atoms with Crippen LogP contribution in [0.4, 0.5) is 0 Å². The molecule has 0 aromatic rings. The molecule has 25 heavy (non-hydrogen) atoms. The highest BCUT2D eigenvalue weighted by molar-refractivity contribution is 5.01. The smallest absolute Gasteiger partial charge is 0.0500 e. The highest BCUT2D eigenvalue weighted by atomic mass is 16.5. The molecule has 0 rings (SSSR count). The zero-order chi connectivity index (χ0) is 18.3. The first-order valence-corrected chi connectivity index (χ1v) is 11.3. The van der Waals surface area contributed by atoms with E-state index >= 15 is 0 Å². The lowest BCUT2D eigenvalue weighted by molar-refractivity contribution is 0.134. The molecule has 1 heteroatoms. The molecule has 0 aromatic heterocycles. The van der Waals surface area contributed by atoms with Crippen LogP contribution in [0.3, 0.4) is 0 Å². The second kappa shape index (κ2) is 23.4. The van der Waals surface area contributed by atoms with Gasteiger partial charge in [-0.2, -0.15) is 0 Å². The topological polar surface area (TPSA) is 9.23 Å². The van der Waals surface area contributed by atoms with Crippen molar-refractivity contribution in [3.63, 3.8) is 0 Å². The summed E-state index contributed by atoms with van der Waals surface area (Å²) >= 11 is 0. The molecule has 0 atom stereocenters. The van der Waals surface area contributed by atoms with Gasteiger partial charge in [0.25, 0.3) is 0 Å². The van der Waals surface area contributed by atoms with Crippen molar-refractivity contribution in [2.45, 2.75) is 117 Å². The molecule has 0 aromatic carbocycles. The maximum atomic E-state index is 5.67. The molecule has 1 nitrogen and oxygen atoms in total. The molecule has 0 fully saturated rings. The van der Waals surface area contributed by atoms with Gasteiger partial charge in [-0.25, -0.2) is 0 Å². The van der Waals surface area contributed by atoms with Crippen LogP contribution in [0.1, 0.15) is 117 Å². The highest BCUT2D eigenvalue weighted by Gasteiger charge is 1.94. The first kappa shape index (κ1) is 24.4. The summed E-state index contributed by atoms with van der Waals surface area (Å²) in [5.74, 6) is 0. The van der Waals surface area contributed by atoms with Crippen molar-refractivity contribution in [1.82, 2.24) is 0 Å². The van der Waals surface area contributed by atoms with E-state index in [-0.39, 0.29) is 0 Å². The van der Waals surface area contributed by atoms with Crippen LogP contribution >= 0.6 is 0 Å². The van der Waals surface area contributed by atoms with Gasteiger partial charge in [-0.1, -0.05) is 122 Å². The van der Waals surface area contributed by atoms with E-state index < -0.39 is 0 Å². The molecule has 0 aliphatic carbocycles. The Labute approximate surface area is 159 Å².